The van der Waals surface area contributed by atoms with Gasteiger partial charge in [0.1, 0.15) is 0 Å². The van der Waals surface area contributed by atoms with Crippen LogP contribution in [-0.2, 0) is 9.47 Å². The second-order valence-corrected chi connectivity index (χ2v) is 10.9. The van der Waals surface area contributed by atoms with Gasteiger partial charge in [0, 0.05) is 16.8 Å². The lowest BCUT2D eigenvalue weighted by molar-refractivity contribution is -0.104. The molecule has 0 aliphatic rings. The molecule has 0 amide bonds. The predicted octanol–water partition coefficient (Wildman–Crippen LogP) is 8.57. The highest BCUT2D eigenvalue weighted by Gasteiger charge is 2.09. The largest absolute Gasteiger partial charge is 0.399 e. The third-order valence-electron chi connectivity index (χ3n) is 7.20. The third-order valence-corrected chi connectivity index (χ3v) is 7.20. The maximum Gasteiger partial charge on any atom is 0.181 e. The molecule has 0 saturated carbocycles. The summed E-state index contributed by atoms with van der Waals surface area (Å²) in [6.45, 7) is 5.55. The Hall–Kier alpha value is -1.92. The first-order chi connectivity index (χ1) is 18.5. The zero-order valence-electron chi connectivity index (χ0n) is 24.0. The van der Waals surface area contributed by atoms with Gasteiger partial charge in [0.15, 0.2) is 12.6 Å². The van der Waals surface area contributed by atoms with Gasteiger partial charge < -0.3 is 25.4 Å². The minimum Gasteiger partial charge on any atom is -0.399 e. The molecule has 5 heteroatoms. The van der Waals surface area contributed by atoms with Crippen LogP contribution in [0.1, 0.15) is 139 Å². The second kappa shape index (κ2) is 20.0. The molecule has 0 saturated heterocycles. The maximum absolute atomic E-state index is 10.2. The number of hydrogen-bond acceptors (Lipinski definition) is 5. The van der Waals surface area contributed by atoms with Gasteiger partial charge in [-0.15, -0.1) is 0 Å². The van der Waals surface area contributed by atoms with Crippen molar-refractivity contribution in [3.05, 3.63) is 65.2 Å². The fourth-order valence-corrected chi connectivity index (χ4v) is 4.61. The first kappa shape index (κ1) is 32.3. The second-order valence-electron chi connectivity index (χ2n) is 10.9. The van der Waals surface area contributed by atoms with Crippen molar-refractivity contribution in [3.8, 4) is 0 Å². The maximum atomic E-state index is 10.2. The van der Waals surface area contributed by atoms with Crippen LogP contribution in [0.25, 0.3) is 0 Å². The van der Waals surface area contributed by atoms with Crippen LogP contribution >= 0.6 is 0 Å². The standard InChI is InChI=1S/C33H53NO4/c1-27(2)28-17-19-29(20-18-28)32(35)37-25-15-13-11-9-7-5-3-4-6-8-10-12-14-16-26-38-33(36)30-21-23-31(34)24-22-30/h17-24,27,32-33,35-36H,3-16,25-26,34H2,1-2H3. The Morgan fingerprint density at radius 3 is 1.13 bits per heavy atom. The minimum atomic E-state index is -0.859. The molecular formula is C33H53NO4. The quantitative estimate of drug-likeness (QED) is 0.0811. The molecule has 0 aromatic heterocycles. The lowest BCUT2D eigenvalue weighted by atomic mass is 10.0. The number of aliphatic hydroxyl groups excluding tert-OH is 2. The van der Waals surface area contributed by atoms with Crippen LogP contribution in [0.15, 0.2) is 48.5 Å². The van der Waals surface area contributed by atoms with Gasteiger partial charge in [0.2, 0.25) is 0 Å². The van der Waals surface area contributed by atoms with E-state index < -0.39 is 12.6 Å². The number of aliphatic hydroxyl groups is 2. The van der Waals surface area contributed by atoms with E-state index in [4.69, 9.17) is 15.2 Å². The van der Waals surface area contributed by atoms with E-state index in [0.717, 1.165) is 30.4 Å². The summed E-state index contributed by atoms with van der Waals surface area (Å²) in [6, 6.07) is 15.3. The molecule has 0 heterocycles. The van der Waals surface area contributed by atoms with Crippen LogP contribution in [0.5, 0.6) is 0 Å². The fourth-order valence-electron chi connectivity index (χ4n) is 4.61. The Bertz CT molecular complexity index is 822. The highest BCUT2D eigenvalue weighted by Crippen LogP contribution is 2.20. The van der Waals surface area contributed by atoms with Crippen molar-refractivity contribution in [1.82, 2.24) is 0 Å². The summed E-state index contributed by atoms with van der Waals surface area (Å²) in [4.78, 5) is 0. The zero-order chi connectivity index (χ0) is 27.4. The minimum absolute atomic E-state index is 0.499. The zero-order valence-corrected chi connectivity index (χ0v) is 24.0. The SMILES string of the molecule is CC(C)c1ccc(C(O)OCCCCCCCCCCCCCCCCOC(O)c2ccc(N)cc2)cc1. The summed E-state index contributed by atoms with van der Waals surface area (Å²) in [5.74, 6) is 0.499. The number of hydrogen-bond donors (Lipinski definition) is 3. The van der Waals surface area contributed by atoms with Gasteiger partial charge in [0.25, 0.3) is 0 Å². The molecule has 2 aromatic carbocycles. The molecule has 2 unspecified atom stereocenters. The molecule has 214 valence electrons. The highest BCUT2D eigenvalue weighted by molar-refractivity contribution is 5.39. The van der Waals surface area contributed by atoms with E-state index in [1.54, 1.807) is 24.3 Å². The Morgan fingerprint density at radius 1 is 0.500 bits per heavy atom. The normalized spacial score (nSPS) is 13.2. The molecule has 38 heavy (non-hydrogen) atoms. The van der Waals surface area contributed by atoms with Gasteiger partial charge in [-0.3, -0.25) is 0 Å². The number of nitrogens with two attached hydrogens (primary N) is 1. The number of rotatable bonds is 22. The summed E-state index contributed by atoms with van der Waals surface area (Å²) in [5.41, 5.74) is 9.23. The molecule has 0 spiro atoms. The van der Waals surface area contributed by atoms with Gasteiger partial charge in [-0.25, -0.2) is 0 Å². The van der Waals surface area contributed by atoms with Crippen molar-refractivity contribution in [3.63, 3.8) is 0 Å². The molecular weight excluding hydrogens is 474 g/mol. The Labute approximate surface area is 231 Å². The van der Waals surface area contributed by atoms with Crippen molar-refractivity contribution in [2.75, 3.05) is 18.9 Å². The van der Waals surface area contributed by atoms with Gasteiger partial charge >= 0.3 is 0 Å². The number of unbranched alkanes of at least 4 members (excludes halogenated alkanes) is 13. The van der Waals surface area contributed by atoms with Crippen molar-refractivity contribution >= 4 is 5.69 Å². The van der Waals surface area contributed by atoms with Gasteiger partial charge in [-0.2, -0.15) is 0 Å². The van der Waals surface area contributed by atoms with Crippen LogP contribution in [-0.4, -0.2) is 23.4 Å². The van der Waals surface area contributed by atoms with Crippen LogP contribution in [0.4, 0.5) is 5.69 Å². The monoisotopic (exact) mass is 527 g/mol. The molecule has 2 atom stereocenters. The van der Waals surface area contributed by atoms with Gasteiger partial charge in [0.05, 0.1) is 13.2 Å². The van der Waals surface area contributed by atoms with Crippen LogP contribution < -0.4 is 5.73 Å². The van der Waals surface area contributed by atoms with E-state index in [1.807, 2.05) is 12.1 Å². The predicted molar refractivity (Wildman–Crippen MR) is 158 cm³/mol. The molecule has 0 radical (unpaired) electrons. The Balaban J connectivity index is 1.29. The van der Waals surface area contributed by atoms with E-state index in [2.05, 4.69) is 26.0 Å². The first-order valence-electron chi connectivity index (χ1n) is 15.0. The molecule has 0 fully saturated rings. The topological polar surface area (TPSA) is 84.9 Å². The average molecular weight is 528 g/mol. The van der Waals surface area contributed by atoms with Crippen molar-refractivity contribution in [2.24, 2.45) is 0 Å². The van der Waals surface area contributed by atoms with Crippen LogP contribution in [0, 0.1) is 0 Å². The molecule has 0 aliphatic carbocycles. The summed E-state index contributed by atoms with van der Waals surface area (Å²) < 4.78 is 11.1. The van der Waals surface area contributed by atoms with E-state index in [0.29, 0.717) is 24.8 Å². The van der Waals surface area contributed by atoms with Crippen LogP contribution in [0.2, 0.25) is 0 Å². The van der Waals surface area contributed by atoms with E-state index in [1.165, 1.54) is 76.2 Å². The molecule has 5 nitrogen and oxygen atoms in total. The van der Waals surface area contributed by atoms with E-state index in [9.17, 15) is 10.2 Å². The summed E-state index contributed by atoms with van der Waals surface area (Å²) in [5, 5.41) is 20.2. The summed E-state index contributed by atoms with van der Waals surface area (Å²) in [6.07, 6.45) is 15.8. The number of ether oxygens (including phenoxy) is 2. The number of benzene rings is 2. The van der Waals surface area contributed by atoms with Crippen molar-refractivity contribution in [2.45, 2.75) is 122 Å². The van der Waals surface area contributed by atoms with E-state index >= 15 is 0 Å². The molecule has 0 bridgehead atoms. The molecule has 2 aromatic rings. The first-order valence-corrected chi connectivity index (χ1v) is 15.0. The van der Waals surface area contributed by atoms with Crippen LogP contribution in [0.3, 0.4) is 0 Å². The Kier molecular flexibility index (Phi) is 17.0. The fraction of sp³-hybridized carbons (Fsp3) is 0.636. The van der Waals surface area contributed by atoms with Gasteiger partial charge in [-0.1, -0.05) is 127 Å². The van der Waals surface area contributed by atoms with Crippen molar-refractivity contribution in [1.29, 1.82) is 0 Å². The Morgan fingerprint density at radius 2 is 0.789 bits per heavy atom. The average Bonchev–Trinajstić information content (AvgIpc) is 2.92. The highest BCUT2D eigenvalue weighted by atomic mass is 16.6. The lowest BCUT2D eigenvalue weighted by Gasteiger charge is -2.13. The van der Waals surface area contributed by atoms with Gasteiger partial charge in [-0.05, 0) is 36.5 Å². The van der Waals surface area contributed by atoms with E-state index in [-0.39, 0.29) is 0 Å². The summed E-state index contributed by atoms with van der Waals surface area (Å²) in [7, 11) is 0. The molecule has 0 aliphatic heterocycles. The molecule has 2 rings (SSSR count). The lowest BCUT2D eigenvalue weighted by Crippen LogP contribution is -2.05. The number of nitrogen functional groups attached to an aromatic ring is 1. The molecule has 4 N–H and O–H groups in total. The summed E-state index contributed by atoms with van der Waals surface area (Å²) >= 11 is 0. The smallest absolute Gasteiger partial charge is 0.181 e. The number of anilines is 1. The van der Waals surface area contributed by atoms with Crippen molar-refractivity contribution < 1.29 is 19.7 Å². The third kappa shape index (κ3) is 14.3.